The van der Waals surface area contributed by atoms with Gasteiger partial charge in [-0.25, -0.2) is 9.97 Å². The van der Waals surface area contributed by atoms with Crippen LogP contribution in [0.4, 0.5) is 5.82 Å². The van der Waals surface area contributed by atoms with Gasteiger partial charge in [-0.3, -0.25) is 4.90 Å². The lowest BCUT2D eigenvalue weighted by atomic mass is 10.1. The first-order valence-corrected chi connectivity index (χ1v) is 8.29. The lowest BCUT2D eigenvalue weighted by Gasteiger charge is -2.22. The van der Waals surface area contributed by atoms with Crippen LogP contribution in [-0.2, 0) is 19.4 Å². The molecule has 4 rings (SSSR count). The summed E-state index contributed by atoms with van der Waals surface area (Å²) in [5, 5.41) is 0. The van der Waals surface area contributed by atoms with E-state index in [1.807, 2.05) is 19.3 Å². The molecule has 23 heavy (non-hydrogen) atoms. The highest BCUT2D eigenvalue weighted by atomic mass is 16.3. The predicted octanol–water partition coefficient (Wildman–Crippen LogP) is 2.36. The fourth-order valence-electron chi connectivity index (χ4n) is 3.46. The second kappa shape index (κ2) is 6.16. The van der Waals surface area contributed by atoms with Crippen molar-refractivity contribution in [3.8, 4) is 0 Å². The first-order valence-electron chi connectivity index (χ1n) is 8.29. The first kappa shape index (κ1) is 14.5. The molecule has 0 spiro atoms. The third-order valence-corrected chi connectivity index (χ3v) is 4.63. The highest BCUT2D eigenvalue weighted by Gasteiger charge is 2.23. The number of anilines is 1. The number of aryl methyl sites for hydroxylation is 1. The number of fused-ring (bicyclic) bond motifs is 1. The van der Waals surface area contributed by atoms with Gasteiger partial charge in [0.2, 0.25) is 0 Å². The maximum absolute atomic E-state index is 5.19. The normalized spacial score (nSPS) is 18.2. The number of aromatic nitrogens is 2. The van der Waals surface area contributed by atoms with E-state index < -0.39 is 0 Å². The molecule has 0 fully saturated rings. The van der Waals surface area contributed by atoms with E-state index in [2.05, 4.69) is 22.0 Å². The van der Waals surface area contributed by atoms with Crippen LogP contribution in [-0.4, -0.2) is 41.0 Å². The van der Waals surface area contributed by atoms with Gasteiger partial charge in [0, 0.05) is 50.3 Å². The predicted molar refractivity (Wildman–Crippen MR) is 89.5 cm³/mol. The van der Waals surface area contributed by atoms with Gasteiger partial charge in [0.1, 0.15) is 11.6 Å². The second-order valence-electron chi connectivity index (χ2n) is 6.30. The minimum absolute atomic E-state index is 0.883. The van der Waals surface area contributed by atoms with Gasteiger partial charge in [-0.05, 0) is 19.4 Å². The lowest BCUT2D eigenvalue weighted by molar-refractivity contribution is 0.278. The highest BCUT2D eigenvalue weighted by Crippen LogP contribution is 2.26. The third-order valence-electron chi connectivity index (χ3n) is 4.63. The van der Waals surface area contributed by atoms with Crippen LogP contribution in [0, 0.1) is 6.92 Å². The van der Waals surface area contributed by atoms with Crippen LogP contribution in [0.5, 0.6) is 0 Å². The largest absolute Gasteiger partial charge is 0.472 e. The standard InChI is InChI=1S/C18H22N4O/c1-14-19-17-5-10-21(12-15-6-11-23-13-15)9-4-16(17)18(20-14)22-7-2-3-8-22/h2-3,6,11,13H,4-5,7-10,12H2,1H3. The van der Waals surface area contributed by atoms with Crippen LogP contribution in [0.3, 0.4) is 0 Å². The quantitative estimate of drug-likeness (QED) is 0.814. The number of rotatable bonds is 3. The summed E-state index contributed by atoms with van der Waals surface area (Å²) in [6, 6.07) is 2.04. The maximum atomic E-state index is 5.19. The zero-order valence-corrected chi connectivity index (χ0v) is 13.5. The molecule has 5 heteroatoms. The molecule has 4 heterocycles. The smallest absolute Gasteiger partial charge is 0.136 e. The average Bonchev–Trinajstić information content (AvgIpc) is 3.20. The van der Waals surface area contributed by atoms with Crippen molar-refractivity contribution in [1.82, 2.24) is 14.9 Å². The average molecular weight is 310 g/mol. The van der Waals surface area contributed by atoms with E-state index in [1.54, 1.807) is 6.26 Å². The molecule has 0 N–H and O–H groups in total. The molecule has 2 aliphatic heterocycles. The Balaban J connectivity index is 1.56. The van der Waals surface area contributed by atoms with Crippen molar-refractivity contribution in [1.29, 1.82) is 0 Å². The van der Waals surface area contributed by atoms with Crippen molar-refractivity contribution >= 4 is 5.82 Å². The van der Waals surface area contributed by atoms with Gasteiger partial charge in [-0.2, -0.15) is 0 Å². The van der Waals surface area contributed by atoms with E-state index in [0.29, 0.717) is 0 Å². The van der Waals surface area contributed by atoms with Crippen molar-refractivity contribution < 1.29 is 4.42 Å². The summed E-state index contributed by atoms with van der Waals surface area (Å²) in [6.07, 6.45) is 10.0. The summed E-state index contributed by atoms with van der Waals surface area (Å²) in [5.41, 5.74) is 3.81. The summed E-state index contributed by atoms with van der Waals surface area (Å²) >= 11 is 0. The fraction of sp³-hybridized carbons (Fsp3) is 0.444. The van der Waals surface area contributed by atoms with E-state index in [0.717, 1.165) is 57.2 Å². The molecule has 5 nitrogen and oxygen atoms in total. The molecule has 2 aromatic rings. The van der Waals surface area contributed by atoms with Gasteiger partial charge >= 0.3 is 0 Å². The van der Waals surface area contributed by atoms with E-state index in [9.17, 15) is 0 Å². The Morgan fingerprint density at radius 3 is 2.74 bits per heavy atom. The summed E-state index contributed by atoms with van der Waals surface area (Å²) in [6.45, 7) is 6.94. The van der Waals surface area contributed by atoms with Gasteiger partial charge in [0.05, 0.1) is 18.2 Å². The summed E-state index contributed by atoms with van der Waals surface area (Å²) in [5.74, 6) is 2.02. The molecule has 0 bridgehead atoms. The number of hydrogen-bond acceptors (Lipinski definition) is 5. The van der Waals surface area contributed by atoms with E-state index >= 15 is 0 Å². The summed E-state index contributed by atoms with van der Waals surface area (Å²) in [7, 11) is 0. The molecular formula is C18H22N4O. The molecule has 0 aliphatic carbocycles. The molecule has 0 amide bonds. The number of nitrogens with zero attached hydrogens (tertiary/aromatic N) is 4. The fourth-order valence-corrected chi connectivity index (χ4v) is 3.46. The molecule has 0 unspecified atom stereocenters. The Kier molecular flexibility index (Phi) is 3.87. The van der Waals surface area contributed by atoms with E-state index in [1.165, 1.54) is 16.8 Å². The third kappa shape index (κ3) is 3.01. The molecule has 0 aromatic carbocycles. The van der Waals surface area contributed by atoms with Crippen molar-refractivity contribution in [2.45, 2.75) is 26.3 Å². The minimum atomic E-state index is 0.883. The van der Waals surface area contributed by atoms with Crippen molar-refractivity contribution in [3.05, 3.63) is 53.4 Å². The van der Waals surface area contributed by atoms with Crippen molar-refractivity contribution in [3.63, 3.8) is 0 Å². The van der Waals surface area contributed by atoms with Gasteiger partial charge < -0.3 is 9.32 Å². The van der Waals surface area contributed by atoms with Crippen LogP contribution >= 0.6 is 0 Å². The molecule has 0 saturated heterocycles. The van der Waals surface area contributed by atoms with Crippen LogP contribution in [0.2, 0.25) is 0 Å². The zero-order chi connectivity index (χ0) is 15.6. The SMILES string of the molecule is Cc1nc2c(c(N3CC=CC3)n1)CCN(Cc1ccoc1)CC2. The Morgan fingerprint density at radius 1 is 1.13 bits per heavy atom. The number of furan rings is 1. The monoisotopic (exact) mass is 310 g/mol. The van der Waals surface area contributed by atoms with Gasteiger partial charge in [-0.15, -0.1) is 0 Å². The highest BCUT2D eigenvalue weighted by molar-refractivity contribution is 5.52. The lowest BCUT2D eigenvalue weighted by Crippen LogP contribution is -2.26. The Hall–Kier alpha value is -2.14. The Labute approximate surface area is 136 Å². The van der Waals surface area contributed by atoms with Crippen LogP contribution in [0.1, 0.15) is 22.6 Å². The van der Waals surface area contributed by atoms with Gasteiger partial charge in [0.15, 0.2) is 0 Å². The van der Waals surface area contributed by atoms with Crippen LogP contribution < -0.4 is 4.90 Å². The molecule has 0 radical (unpaired) electrons. The molecule has 0 atom stereocenters. The van der Waals surface area contributed by atoms with Crippen molar-refractivity contribution in [2.75, 3.05) is 31.1 Å². The Morgan fingerprint density at radius 2 is 1.96 bits per heavy atom. The molecule has 0 saturated carbocycles. The van der Waals surface area contributed by atoms with Crippen LogP contribution in [0.15, 0.2) is 35.2 Å². The number of hydrogen-bond donors (Lipinski definition) is 0. The van der Waals surface area contributed by atoms with E-state index in [-0.39, 0.29) is 0 Å². The summed E-state index contributed by atoms with van der Waals surface area (Å²) < 4.78 is 5.19. The van der Waals surface area contributed by atoms with Crippen molar-refractivity contribution in [2.24, 2.45) is 0 Å². The van der Waals surface area contributed by atoms with E-state index in [4.69, 9.17) is 14.4 Å². The maximum Gasteiger partial charge on any atom is 0.136 e. The molecule has 2 aliphatic rings. The Bertz CT molecular complexity index is 700. The second-order valence-corrected chi connectivity index (χ2v) is 6.30. The first-order chi connectivity index (χ1) is 11.3. The molecule has 2 aromatic heterocycles. The molecule has 120 valence electrons. The summed E-state index contributed by atoms with van der Waals surface area (Å²) in [4.78, 5) is 14.3. The van der Waals surface area contributed by atoms with Gasteiger partial charge in [0.25, 0.3) is 0 Å². The van der Waals surface area contributed by atoms with Gasteiger partial charge in [-0.1, -0.05) is 12.2 Å². The topological polar surface area (TPSA) is 45.4 Å². The molecular weight excluding hydrogens is 288 g/mol. The minimum Gasteiger partial charge on any atom is -0.472 e. The zero-order valence-electron chi connectivity index (χ0n) is 13.5. The van der Waals surface area contributed by atoms with Crippen LogP contribution in [0.25, 0.3) is 0 Å².